The smallest absolute Gasteiger partial charge is 0.382 e. The van der Waals surface area contributed by atoms with Crippen molar-refractivity contribution in [2.75, 3.05) is 0 Å². The largest absolute Gasteiger partial charge is 0.416 e. The maximum atomic E-state index is 13.1. The van der Waals surface area contributed by atoms with Gasteiger partial charge in [-0.05, 0) is 43.3 Å². The summed E-state index contributed by atoms with van der Waals surface area (Å²) >= 11 is 12.1. The molecule has 10 nitrogen and oxygen atoms in total. The number of rotatable bonds is 7. The highest BCUT2D eigenvalue weighted by atomic mass is 35.5. The molecule has 0 aliphatic heterocycles. The predicted molar refractivity (Wildman–Crippen MR) is 125 cm³/mol. The number of aromatic nitrogens is 7. The maximum absolute atomic E-state index is 13.1. The van der Waals surface area contributed by atoms with Gasteiger partial charge in [-0.2, -0.15) is 17.9 Å². The first kappa shape index (κ1) is 25.8. The second-order valence-electron chi connectivity index (χ2n) is 7.83. The molecule has 0 aliphatic carbocycles. The van der Waals surface area contributed by atoms with E-state index in [1.807, 2.05) is 0 Å². The Kier molecular flexibility index (Phi) is 7.18. The number of aliphatic hydroxyl groups is 1. The van der Waals surface area contributed by atoms with Crippen molar-refractivity contribution in [3.63, 3.8) is 0 Å². The fourth-order valence-electron chi connectivity index (χ4n) is 3.35. The van der Waals surface area contributed by atoms with Crippen LogP contribution in [-0.4, -0.2) is 51.5 Å². The zero-order valence-electron chi connectivity index (χ0n) is 18.6. The lowest BCUT2D eigenvalue weighted by atomic mass is 10.2. The molecule has 1 aromatic carbocycles. The predicted octanol–water partition coefficient (Wildman–Crippen LogP) is 2.99. The van der Waals surface area contributed by atoms with E-state index < -0.39 is 30.6 Å². The average molecular weight is 543 g/mol. The molecule has 0 aliphatic rings. The molecular formula is C21H19Cl2F3N8O2. The quantitative estimate of drug-likeness (QED) is 0.367. The third-order valence-electron chi connectivity index (χ3n) is 5.07. The molecule has 4 rings (SSSR count). The van der Waals surface area contributed by atoms with Crippen molar-refractivity contribution in [1.29, 1.82) is 0 Å². The fourth-order valence-corrected chi connectivity index (χ4v) is 3.68. The van der Waals surface area contributed by atoms with E-state index in [1.54, 1.807) is 19.1 Å². The molecule has 3 aromatic heterocycles. The highest BCUT2D eigenvalue weighted by molar-refractivity contribution is 6.32. The van der Waals surface area contributed by atoms with E-state index in [0.717, 1.165) is 9.25 Å². The third-order valence-corrected chi connectivity index (χ3v) is 5.62. The molecule has 0 fully saturated rings. The zero-order valence-corrected chi connectivity index (χ0v) is 20.1. The first-order valence-electron chi connectivity index (χ1n) is 10.5. The first-order valence-corrected chi connectivity index (χ1v) is 11.2. The van der Waals surface area contributed by atoms with Crippen molar-refractivity contribution in [2.24, 2.45) is 5.73 Å². The first-order chi connectivity index (χ1) is 17.0. The van der Waals surface area contributed by atoms with Gasteiger partial charge in [-0.15, -0.1) is 10.2 Å². The van der Waals surface area contributed by atoms with Crippen molar-refractivity contribution < 1.29 is 18.3 Å². The summed E-state index contributed by atoms with van der Waals surface area (Å²) in [5, 5.41) is 18.8. The highest BCUT2D eigenvalue weighted by Gasteiger charge is 2.39. The summed E-state index contributed by atoms with van der Waals surface area (Å²) in [4.78, 5) is 21.6. The van der Waals surface area contributed by atoms with E-state index in [0.29, 0.717) is 16.4 Å². The summed E-state index contributed by atoms with van der Waals surface area (Å²) in [5.41, 5.74) is 5.44. The van der Waals surface area contributed by atoms with Crippen LogP contribution >= 0.6 is 23.2 Å². The standard InChI is InChI=1S/C21H19Cl2F3N8O2/c1-11(27)17-29-16(30-34(17)19-14(23)3-2-8-28-19)10-33-20(36)32(9-15(35)21(24,25)26)18(31-33)12-4-6-13(22)7-5-12/h2-8,11,15,35H,9-10,27H2,1H3. The molecule has 0 spiro atoms. The number of alkyl halides is 3. The molecule has 3 heterocycles. The summed E-state index contributed by atoms with van der Waals surface area (Å²) in [6.45, 7) is 0.307. The Labute approximate surface area is 211 Å². The van der Waals surface area contributed by atoms with E-state index in [2.05, 4.69) is 20.2 Å². The Hall–Kier alpha value is -3.26. The van der Waals surface area contributed by atoms with Crippen LogP contribution in [-0.2, 0) is 13.1 Å². The molecule has 4 aromatic rings. The van der Waals surface area contributed by atoms with Crippen molar-refractivity contribution in [1.82, 2.24) is 34.1 Å². The second kappa shape index (κ2) is 10.0. The summed E-state index contributed by atoms with van der Waals surface area (Å²) < 4.78 is 42.2. The lowest BCUT2D eigenvalue weighted by molar-refractivity contribution is -0.207. The van der Waals surface area contributed by atoms with Gasteiger partial charge in [0, 0.05) is 16.8 Å². The fraction of sp³-hybridized carbons (Fsp3) is 0.286. The molecular weight excluding hydrogens is 524 g/mol. The highest BCUT2D eigenvalue weighted by Crippen LogP contribution is 2.24. The van der Waals surface area contributed by atoms with E-state index in [9.17, 15) is 23.1 Å². The average Bonchev–Trinajstić information content (AvgIpc) is 3.36. The Balaban J connectivity index is 1.78. The van der Waals surface area contributed by atoms with E-state index >= 15 is 0 Å². The molecule has 0 radical (unpaired) electrons. The van der Waals surface area contributed by atoms with Gasteiger partial charge in [0.1, 0.15) is 6.54 Å². The van der Waals surface area contributed by atoms with Crippen molar-refractivity contribution in [3.8, 4) is 17.2 Å². The van der Waals surface area contributed by atoms with Gasteiger partial charge >= 0.3 is 11.9 Å². The van der Waals surface area contributed by atoms with Crippen molar-refractivity contribution in [3.05, 3.63) is 74.8 Å². The van der Waals surface area contributed by atoms with Crippen LogP contribution in [0.4, 0.5) is 13.2 Å². The topological polar surface area (TPSA) is 130 Å². The summed E-state index contributed by atoms with van der Waals surface area (Å²) in [6, 6.07) is 8.64. The third kappa shape index (κ3) is 5.28. The molecule has 2 unspecified atom stereocenters. The van der Waals surface area contributed by atoms with Crippen LogP contribution in [0.5, 0.6) is 0 Å². The minimum atomic E-state index is -4.94. The van der Waals surface area contributed by atoms with Gasteiger partial charge in [0.25, 0.3) is 0 Å². The number of aliphatic hydroxyl groups excluding tert-OH is 1. The van der Waals surface area contributed by atoms with Crippen LogP contribution in [0, 0.1) is 0 Å². The molecule has 0 bridgehead atoms. The summed E-state index contributed by atoms with van der Waals surface area (Å²) in [5.74, 6) is 0.552. The normalized spacial score (nSPS) is 13.7. The number of benzene rings is 1. The van der Waals surface area contributed by atoms with Gasteiger partial charge < -0.3 is 10.8 Å². The monoisotopic (exact) mass is 542 g/mol. The Morgan fingerprint density at radius 3 is 2.44 bits per heavy atom. The number of nitrogens with two attached hydrogens (primary N) is 1. The Morgan fingerprint density at radius 2 is 1.83 bits per heavy atom. The summed E-state index contributed by atoms with van der Waals surface area (Å²) in [7, 11) is 0. The maximum Gasteiger partial charge on any atom is 0.416 e. The van der Waals surface area contributed by atoms with Gasteiger partial charge in [0.05, 0.1) is 17.6 Å². The van der Waals surface area contributed by atoms with Crippen LogP contribution in [0.3, 0.4) is 0 Å². The minimum absolute atomic E-state index is 0.0924. The number of pyridine rings is 1. The second-order valence-corrected chi connectivity index (χ2v) is 8.68. The zero-order chi connectivity index (χ0) is 26.2. The van der Waals surface area contributed by atoms with Crippen molar-refractivity contribution >= 4 is 23.2 Å². The number of halogens is 5. The molecule has 36 heavy (non-hydrogen) atoms. The number of hydrogen-bond donors (Lipinski definition) is 2. The van der Waals surface area contributed by atoms with E-state index in [1.165, 1.54) is 35.1 Å². The van der Waals surface area contributed by atoms with Crippen molar-refractivity contribution in [2.45, 2.75) is 38.3 Å². The minimum Gasteiger partial charge on any atom is -0.382 e. The molecule has 0 amide bonds. The molecule has 2 atom stereocenters. The van der Waals surface area contributed by atoms with Gasteiger partial charge in [-0.3, -0.25) is 4.57 Å². The molecule has 0 saturated heterocycles. The molecule has 3 N–H and O–H groups in total. The van der Waals surface area contributed by atoms with E-state index in [4.69, 9.17) is 28.9 Å². The SMILES string of the molecule is CC(N)c1nc(Cn2nc(-c3ccc(Cl)cc3)n(CC(O)C(F)(F)F)c2=O)nn1-c1ncccc1Cl. The number of hydrogen-bond acceptors (Lipinski definition) is 7. The Morgan fingerprint density at radius 1 is 1.14 bits per heavy atom. The summed E-state index contributed by atoms with van der Waals surface area (Å²) in [6.07, 6.45) is -6.22. The van der Waals surface area contributed by atoms with Gasteiger partial charge in [-0.25, -0.2) is 19.4 Å². The Bertz CT molecular complexity index is 1430. The lowest BCUT2D eigenvalue weighted by Crippen LogP contribution is -2.37. The van der Waals surface area contributed by atoms with E-state index in [-0.39, 0.29) is 29.0 Å². The van der Waals surface area contributed by atoms with Crippen LogP contribution < -0.4 is 11.4 Å². The van der Waals surface area contributed by atoms with Crippen LogP contribution in [0.25, 0.3) is 17.2 Å². The molecule has 15 heteroatoms. The molecule has 0 saturated carbocycles. The van der Waals surface area contributed by atoms with Gasteiger partial charge in [0.2, 0.25) is 0 Å². The molecule has 190 valence electrons. The van der Waals surface area contributed by atoms with Crippen LogP contribution in [0.15, 0.2) is 47.4 Å². The van der Waals surface area contributed by atoms with Crippen LogP contribution in [0.2, 0.25) is 10.0 Å². The van der Waals surface area contributed by atoms with Crippen LogP contribution in [0.1, 0.15) is 24.6 Å². The lowest BCUT2D eigenvalue weighted by Gasteiger charge is -2.15. The van der Waals surface area contributed by atoms with Gasteiger partial charge in [0.15, 0.2) is 29.4 Å². The van der Waals surface area contributed by atoms with Gasteiger partial charge in [-0.1, -0.05) is 23.2 Å². The number of nitrogens with zero attached hydrogens (tertiary/aromatic N) is 7.